The Labute approximate surface area is 111 Å². The van der Waals surface area contributed by atoms with Gasteiger partial charge in [0.2, 0.25) is 0 Å². The molecule has 0 aromatic carbocycles. The molecule has 0 aromatic heterocycles. The van der Waals surface area contributed by atoms with E-state index in [-0.39, 0.29) is 0 Å². The molecule has 2 fully saturated rings. The first-order valence-electron chi connectivity index (χ1n) is 7.49. The smallest absolute Gasteiger partial charge is 0.129 e. The van der Waals surface area contributed by atoms with Gasteiger partial charge in [-0.05, 0) is 55.8 Å². The molecule has 2 rings (SSSR count). The molecule has 3 atom stereocenters. The summed E-state index contributed by atoms with van der Waals surface area (Å²) >= 11 is 0. The van der Waals surface area contributed by atoms with Crippen LogP contribution in [0.15, 0.2) is 0 Å². The van der Waals surface area contributed by atoms with Crippen LogP contribution in [0.3, 0.4) is 0 Å². The van der Waals surface area contributed by atoms with Crippen molar-refractivity contribution in [3.63, 3.8) is 0 Å². The Morgan fingerprint density at radius 2 is 2.00 bits per heavy atom. The van der Waals surface area contributed by atoms with Crippen LogP contribution in [-0.4, -0.2) is 18.5 Å². The van der Waals surface area contributed by atoms with Crippen molar-refractivity contribution in [1.29, 1.82) is 0 Å². The number of carbonyl (C=O) groups excluding carboxylic acids is 1. The number of hydrogen-bond acceptors (Lipinski definition) is 2. The molecule has 18 heavy (non-hydrogen) atoms. The van der Waals surface area contributed by atoms with Crippen LogP contribution in [0.1, 0.15) is 66.2 Å². The maximum absolute atomic E-state index is 10.9. The molecule has 0 N–H and O–H groups in total. The van der Waals surface area contributed by atoms with Crippen LogP contribution in [0, 0.1) is 16.7 Å². The summed E-state index contributed by atoms with van der Waals surface area (Å²) < 4.78 is 6.15. The fourth-order valence-electron chi connectivity index (χ4n) is 4.08. The molecule has 104 valence electrons. The van der Waals surface area contributed by atoms with Crippen LogP contribution in [0.2, 0.25) is 0 Å². The Morgan fingerprint density at radius 1 is 1.28 bits per heavy atom. The van der Waals surface area contributed by atoms with E-state index in [1.54, 1.807) is 6.92 Å². The first-order chi connectivity index (χ1) is 8.38. The third-order valence-electron chi connectivity index (χ3n) is 5.96. The SMILES string of the molecule is CC(=O)CCCCOC1CC2CCC1(C)C2(C)C. The second-order valence-corrected chi connectivity index (χ2v) is 7.13. The monoisotopic (exact) mass is 252 g/mol. The molecule has 0 aliphatic heterocycles. The van der Waals surface area contributed by atoms with E-state index < -0.39 is 0 Å². The lowest BCUT2D eigenvalue weighted by Gasteiger charge is -2.38. The number of carbonyl (C=O) groups is 1. The van der Waals surface area contributed by atoms with Gasteiger partial charge in [0, 0.05) is 13.0 Å². The highest BCUT2D eigenvalue weighted by Crippen LogP contribution is 2.66. The minimum absolute atomic E-state index is 0.294. The molecule has 2 aliphatic carbocycles. The molecule has 3 unspecified atom stereocenters. The summed E-state index contributed by atoms with van der Waals surface area (Å²) in [6.07, 6.45) is 7.11. The van der Waals surface area contributed by atoms with Crippen LogP contribution < -0.4 is 0 Å². The Bertz CT molecular complexity index is 321. The van der Waals surface area contributed by atoms with Crippen LogP contribution in [0.5, 0.6) is 0 Å². The zero-order valence-electron chi connectivity index (χ0n) is 12.4. The number of unbranched alkanes of at least 4 members (excludes halogenated alkanes) is 1. The van der Waals surface area contributed by atoms with Gasteiger partial charge in [-0.15, -0.1) is 0 Å². The lowest BCUT2D eigenvalue weighted by Crippen LogP contribution is -2.37. The van der Waals surface area contributed by atoms with Crippen LogP contribution in [-0.2, 0) is 9.53 Å². The number of Topliss-reactive ketones (excluding diaryl/α,β-unsaturated/α-hetero) is 1. The first kappa shape index (κ1) is 14.0. The van der Waals surface area contributed by atoms with Crippen molar-refractivity contribution in [1.82, 2.24) is 0 Å². The maximum atomic E-state index is 10.9. The molecule has 2 heteroatoms. The predicted octanol–water partition coefficient (Wildman–Crippen LogP) is 3.98. The summed E-state index contributed by atoms with van der Waals surface area (Å²) in [4.78, 5) is 10.9. The molecule has 0 saturated heterocycles. The van der Waals surface area contributed by atoms with E-state index in [0.29, 0.717) is 29.1 Å². The number of ketones is 1. The topological polar surface area (TPSA) is 26.3 Å². The molecular formula is C16H28O2. The first-order valence-corrected chi connectivity index (χ1v) is 7.49. The van der Waals surface area contributed by atoms with Gasteiger partial charge in [-0.1, -0.05) is 20.8 Å². The van der Waals surface area contributed by atoms with Gasteiger partial charge in [0.1, 0.15) is 5.78 Å². The van der Waals surface area contributed by atoms with Crippen molar-refractivity contribution in [2.45, 2.75) is 72.3 Å². The van der Waals surface area contributed by atoms with Crippen molar-refractivity contribution >= 4 is 5.78 Å². The Kier molecular flexibility index (Phi) is 3.87. The Balaban J connectivity index is 1.77. The van der Waals surface area contributed by atoms with E-state index in [9.17, 15) is 4.79 Å². The molecular weight excluding hydrogens is 224 g/mol. The number of rotatable bonds is 6. The van der Waals surface area contributed by atoms with Gasteiger partial charge in [0.25, 0.3) is 0 Å². The van der Waals surface area contributed by atoms with Gasteiger partial charge in [0.15, 0.2) is 0 Å². The average Bonchev–Trinajstić information content (AvgIpc) is 2.61. The summed E-state index contributed by atoms with van der Waals surface area (Å²) in [6, 6.07) is 0. The van der Waals surface area contributed by atoms with E-state index >= 15 is 0 Å². The van der Waals surface area contributed by atoms with Gasteiger partial charge < -0.3 is 9.53 Å². The zero-order chi connectivity index (χ0) is 13.4. The van der Waals surface area contributed by atoms with Gasteiger partial charge in [-0.2, -0.15) is 0 Å². The summed E-state index contributed by atoms with van der Waals surface area (Å²) in [6.45, 7) is 9.75. The zero-order valence-corrected chi connectivity index (χ0v) is 12.4. The molecule has 2 nitrogen and oxygen atoms in total. The number of fused-ring (bicyclic) bond motifs is 2. The third-order valence-corrected chi connectivity index (χ3v) is 5.96. The fourth-order valence-corrected chi connectivity index (χ4v) is 4.08. The van der Waals surface area contributed by atoms with E-state index in [2.05, 4.69) is 20.8 Å². The van der Waals surface area contributed by atoms with E-state index in [1.165, 1.54) is 19.3 Å². The minimum atomic E-state index is 0.294. The highest BCUT2D eigenvalue weighted by molar-refractivity contribution is 5.75. The van der Waals surface area contributed by atoms with Crippen LogP contribution >= 0.6 is 0 Å². The van der Waals surface area contributed by atoms with Crippen LogP contribution in [0.25, 0.3) is 0 Å². The van der Waals surface area contributed by atoms with Crippen molar-refractivity contribution in [2.24, 2.45) is 16.7 Å². The summed E-state index contributed by atoms with van der Waals surface area (Å²) in [5.41, 5.74) is 0.815. The number of hydrogen-bond donors (Lipinski definition) is 0. The Hall–Kier alpha value is -0.370. The summed E-state index contributed by atoms with van der Waals surface area (Å²) in [7, 11) is 0. The number of ether oxygens (including phenoxy) is 1. The highest BCUT2D eigenvalue weighted by atomic mass is 16.5. The lowest BCUT2D eigenvalue weighted by molar-refractivity contribution is -0.117. The Morgan fingerprint density at radius 3 is 2.50 bits per heavy atom. The molecule has 0 spiro atoms. The molecule has 0 radical (unpaired) electrons. The van der Waals surface area contributed by atoms with Crippen molar-refractivity contribution in [2.75, 3.05) is 6.61 Å². The predicted molar refractivity (Wildman–Crippen MR) is 73.5 cm³/mol. The second kappa shape index (κ2) is 4.96. The fraction of sp³-hybridized carbons (Fsp3) is 0.938. The summed E-state index contributed by atoms with van der Waals surface area (Å²) in [5, 5.41) is 0. The van der Waals surface area contributed by atoms with Gasteiger partial charge in [-0.25, -0.2) is 0 Å². The van der Waals surface area contributed by atoms with Gasteiger partial charge in [0.05, 0.1) is 6.10 Å². The minimum Gasteiger partial charge on any atom is -0.378 e. The third kappa shape index (κ3) is 2.24. The molecule has 2 saturated carbocycles. The largest absolute Gasteiger partial charge is 0.378 e. The molecule has 0 amide bonds. The summed E-state index contributed by atoms with van der Waals surface area (Å²) in [5.74, 6) is 1.15. The van der Waals surface area contributed by atoms with Crippen molar-refractivity contribution in [3.05, 3.63) is 0 Å². The van der Waals surface area contributed by atoms with Crippen LogP contribution in [0.4, 0.5) is 0 Å². The average molecular weight is 252 g/mol. The standard InChI is InChI=1S/C16H28O2/c1-12(17)7-5-6-10-18-14-11-13-8-9-16(14,4)15(13,2)3/h13-14H,5-11H2,1-4H3. The maximum Gasteiger partial charge on any atom is 0.129 e. The lowest BCUT2D eigenvalue weighted by atomic mass is 9.70. The van der Waals surface area contributed by atoms with Gasteiger partial charge in [-0.3, -0.25) is 0 Å². The molecule has 2 aliphatic rings. The van der Waals surface area contributed by atoms with E-state index in [4.69, 9.17) is 4.74 Å². The quantitative estimate of drug-likeness (QED) is 0.668. The molecule has 0 heterocycles. The van der Waals surface area contributed by atoms with Gasteiger partial charge >= 0.3 is 0 Å². The van der Waals surface area contributed by atoms with E-state index in [1.807, 2.05) is 0 Å². The normalized spacial score (nSPS) is 37.1. The second-order valence-electron chi connectivity index (χ2n) is 7.13. The molecule has 0 aromatic rings. The van der Waals surface area contributed by atoms with Crippen molar-refractivity contribution < 1.29 is 9.53 Å². The van der Waals surface area contributed by atoms with Crippen molar-refractivity contribution in [3.8, 4) is 0 Å². The van der Waals surface area contributed by atoms with E-state index in [0.717, 1.165) is 25.4 Å². The highest BCUT2D eigenvalue weighted by Gasteiger charge is 2.61. The molecule has 2 bridgehead atoms.